The van der Waals surface area contributed by atoms with E-state index in [9.17, 15) is 4.79 Å². The molecule has 140 valence electrons. The molecule has 0 radical (unpaired) electrons. The molecule has 5 rings (SSSR count). The number of rotatable bonds is 2. The van der Waals surface area contributed by atoms with Gasteiger partial charge in [0.15, 0.2) is 5.69 Å². The minimum atomic E-state index is -1.45. The van der Waals surface area contributed by atoms with Gasteiger partial charge in [-0.3, -0.25) is 4.79 Å². The Balaban J connectivity index is 1.77. The first-order chi connectivity index (χ1) is 13.6. The highest BCUT2D eigenvalue weighted by Gasteiger charge is 2.52. The Bertz CT molecular complexity index is 1130. The third-order valence-corrected chi connectivity index (χ3v) is 5.79. The molecule has 0 fully saturated rings. The van der Waals surface area contributed by atoms with Gasteiger partial charge in [0, 0.05) is 15.7 Å². The predicted molar refractivity (Wildman–Crippen MR) is 110 cm³/mol. The molecule has 0 unspecified atom stereocenters. The Labute approximate surface area is 173 Å². The Morgan fingerprint density at radius 2 is 2.04 bits per heavy atom. The summed E-state index contributed by atoms with van der Waals surface area (Å²) < 4.78 is 7.14. The number of nitrogens with one attached hydrogen (secondary N) is 2. The summed E-state index contributed by atoms with van der Waals surface area (Å²) >= 11 is 4.95. The number of thioether (sulfide) groups is 1. The number of carbonyl (C=O) groups is 1. The lowest BCUT2D eigenvalue weighted by atomic mass is 10.0. The number of hydrogen-bond donors (Lipinski definition) is 2. The van der Waals surface area contributed by atoms with Crippen LogP contribution in [0.4, 0.5) is 11.4 Å². The molecule has 0 saturated carbocycles. The number of fused-ring (bicyclic) bond motifs is 5. The third-order valence-electron chi connectivity index (χ3n) is 4.58. The summed E-state index contributed by atoms with van der Waals surface area (Å²) in [7, 11) is 0. The van der Waals surface area contributed by atoms with Gasteiger partial charge in [0.2, 0.25) is 11.0 Å². The maximum atomic E-state index is 13.1. The molecule has 0 saturated heterocycles. The molecule has 2 aliphatic heterocycles. The Hall–Kier alpha value is -2.65. The van der Waals surface area contributed by atoms with E-state index in [-0.39, 0.29) is 11.8 Å². The second-order valence-corrected chi connectivity index (χ2v) is 8.43. The lowest BCUT2D eigenvalue weighted by Gasteiger charge is -2.28. The van der Waals surface area contributed by atoms with E-state index in [1.54, 1.807) is 0 Å². The van der Waals surface area contributed by atoms with Gasteiger partial charge in [-0.2, -0.15) is 4.98 Å². The van der Waals surface area contributed by atoms with E-state index in [0.717, 1.165) is 21.5 Å². The summed E-state index contributed by atoms with van der Waals surface area (Å²) in [4.78, 5) is 17.7. The molecule has 1 aromatic heterocycles. The van der Waals surface area contributed by atoms with Crippen LogP contribution in [0.25, 0.3) is 11.3 Å². The summed E-state index contributed by atoms with van der Waals surface area (Å²) in [6, 6.07) is 13.2. The SMILES string of the molecule is CCSc1nnc2c(n1)O[C@]1(Nc3ccccc3-2)C(=O)Nc2ccc(Br)cc21. The number of carbonyl (C=O) groups excluding carboxylic acids is 1. The van der Waals surface area contributed by atoms with Crippen molar-refractivity contribution >= 4 is 45.0 Å². The maximum Gasteiger partial charge on any atom is 0.295 e. The number of hydrogen-bond acceptors (Lipinski definition) is 7. The Kier molecular flexibility index (Phi) is 4.02. The number of halogens is 1. The molecule has 3 heterocycles. The molecule has 1 spiro atoms. The lowest BCUT2D eigenvalue weighted by Crippen LogP contribution is -2.47. The number of nitrogens with zero attached hydrogens (tertiary/aromatic N) is 3. The predicted octanol–water partition coefficient (Wildman–Crippen LogP) is 4.02. The van der Waals surface area contributed by atoms with Crippen LogP contribution in [0, 0.1) is 0 Å². The van der Waals surface area contributed by atoms with Gasteiger partial charge in [0.25, 0.3) is 11.6 Å². The van der Waals surface area contributed by atoms with E-state index in [0.29, 0.717) is 22.1 Å². The second kappa shape index (κ2) is 6.46. The molecule has 7 nitrogen and oxygen atoms in total. The smallest absolute Gasteiger partial charge is 0.295 e. The minimum absolute atomic E-state index is 0.270. The highest BCUT2D eigenvalue weighted by molar-refractivity contribution is 9.10. The summed E-state index contributed by atoms with van der Waals surface area (Å²) in [5.74, 6) is 0.759. The van der Waals surface area contributed by atoms with Crippen LogP contribution in [0.15, 0.2) is 52.1 Å². The molecule has 1 amide bonds. The van der Waals surface area contributed by atoms with Crippen molar-refractivity contribution in [3.05, 3.63) is 52.5 Å². The quantitative estimate of drug-likeness (QED) is 0.563. The van der Waals surface area contributed by atoms with Crippen LogP contribution in [0.2, 0.25) is 0 Å². The normalized spacial score (nSPS) is 19.0. The van der Waals surface area contributed by atoms with Crippen LogP contribution >= 0.6 is 27.7 Å². The lowest BCUT2D eigenvalue weighted by molar-refractivity contribution is -0.128. The fourth-order valence-corrected chi connectivity index (χ4v) is 4.23. The molecule has 2 aliphatic rings. The summed E-state index contributed by atoms with van der Waals surface area (Å²) in [6.45, 7) is 2.01. The van der Waals surface area contributed by atoms with Crippen molar-refractivity contribution in [3.8, 4) is 17.1 Å². The molecule has 0 bridgehead atoms. The molecular weight excluding hydrogens is 442 g/mol. The van der Waals surface area contributed by atoms with Gasteiger partial charge < -0.3 is 15.4 Å². The zero-order chi connectivity index (χ0) is 19.3. The zero-order valence-corrected chi connectivity index (χ0v) is 17.1. The van der Waals surface area contributed by atoms with Crippen molar-refractivity contribution in [2.45, 2.75) is 17.8 Å². The topological polar surface area (TPSA) is 89.0 Å². The van der Waals surface area contributed by atoms with Gasteiger partial charge in [0.1, 0.15) is 0 Å². The molecule has 0 aliphatic carbocycles. The molecule has 2 aromatic carbocycles. The monoisotopic (exact) mass is 455 g/mol. The number of amides is 1. The van der Waals surface area contributed by atoms with Crippen molar-refractivity contribution in [1.29, 1.82) is 0 Å². The van der Waals surface area contributed by atoms with E-state index >= 15 is 0 Å². The largest absolute Gasteiger partial charge is 0.435 e. The van der Waals surface area contributed by atoms with Crippen molar-refractivity contribution < 1.29 is 9.53 Å². The highest BCUT2D eigenvalue weighted by atomic mass is 79.9. The van der Waals surface area contributed by atoms with Crippen LogP contribution in [0.5, 0.6) is 5.88 Å². The van der Waals surface area contributed by atoms with E-state index in [2.05, 4.69) is 41.7 Å². The van der Waals surface area contributed by atoms with Crippen molar-refractivity contribution in [1.82, 2.24) is 15.2 Å². The average Bonchev–Trinajstić information content (AvgIpc) is 2.85. The number of benzene rings is 2. The first-order valence-electron chi connectivity index (χ1n) is 8.66. The highest BCUT2D eigenvalue weighted by Crippen LogP contribution is 2.47. The molecule has 2 N–H and O–H groups in total. The van der Waals surface area contributed by atoms with Crippen molar-refractivity contribution in [2.75, 3.05) is 16.4 Å². The minimum Gasteiger partial charge on any atom is -0.435 e. The first kappa shape index (κ1) is 17.4. The molecule has 1 atom stereocenters. The first-order valence-corrected chi connectivity index (χ1v) is 10.4. The van der Waals surface area contributed by atoms with Gasteiger partial charge in [-0.1, -0.05) is 52.8 Å². The summed E-state index contributed by atoms with van der Waals surface area (Å²) in [5.41, 5.74) is 1.90. The number of para-hydroxylation sites is 1. The Morgan fingerprint density at radius 3 is 2.89 bits per heavy atom. The van der Waals surface area contributed by atoms with E-state index in [1.807, 2.05) is 49.4 Å². The van der Waals surface area contributed by atoms with Crippen LogP contribution in [0.1, 0.15) is 12.5 Å². The second-order valence-electron chi connectivity index (χ2n) is 6.28. The van der Waals surface area contributed by atoms with Crippen molar-refractivity contribution in [3.63, 3.8) is 0 Å². The fourth-order valence-electron chi connectivity index (χ4n) is 3.36. The van der Waals surface area contributed by atoms with Crippen LogP contribution in [-0.2, 0) is 10.5 Å². The van der Waals surface area contributed by atoms with E-state index < -0.39 is 5.72 Å². The maximum absolute atomic E-state index is 13.1. The fraction of sp³-hybridized carbons (Fsp3) is 0.158. The molecule has 3 aromatic rings. The number of aromatic nitrogens is 3. The van der Waals surface area contributed by atoms with Gasteiger partial charge in [0.05, 0.1) is 11.3 Å². The van der Waals surface area contributed by atoms with Gasteiger partial charge >= 0.3 is 0 Å². The standard InChI is InChI=1S/C19H14BrN5O2S/c1-2-28-18-22-16-15(24-25-18)11-5-3-4-6-13(11)23-19(27-16)12-9-10(20)7-8-14(12)21-17(19)26/h3-9,23H,2H2,1H3,(H,21,26)/t19-/m0/s1. The van der Waals surface area contributed by atoms with Crippen LogP contribution < -0.4 is 15.4 Å². The van der Waals surface area contributed by atoms with E-state index in [4.69, 9.17) is 4.74 Å². The van der Waals surface area contributed by atoms with Gasteiger partial charge in [-0.15, -0.1) is 10.2 Å². The van der Waals surface area contributed by atoms with Crippen molar-refractivity contribution in [2.24, 2.45) is 0 Å². The number of anilines is 2. The van der Waals surface area contributed by atoms with E-state index in [1.165, 1.54) is 11.8 Å². The average molecular weight is 456 g/mol. The summed E-state index contributed by atoms with van der Waals surface area (Å²) in [5, 5.41) is 15.3. The summed E-state index contributed by atoms with van der Waals surface area (Å²) in [6.07, 6.45) is 0. The zero-order valence-electron chi connectivity index (χ0n) is 14.7. The molecule has 28 heavy (non-hydrogen) atoms. The molecular formula is C19H14BrN5O2S. The third kappa shape index (κ3) is 2.57. The van der Waals surface area contributed by atoms with Crippen LogP contribution in [-0.4, -0.2) is 26.8 Å². The van der Waals surface area contributed by atoms with Gasteiger partial charge in [-0.05, 0) is 30.0 Å². The van der Waals surface area contributed by atoms with Crippen LogP contribution in [0.3, 0.4) is 0 Å². The molecule has 9 heteroatoms. The van der Waals surface area contributed by atoms with Gasteiger partial charge in [-0.25, -0.2) is 0 Å². The Morgan fingerprint density at radius 1 is 1.18 bits per heavy atom. The number of ether oxygens (including phenoxy) is 1.